The van der Waals surface area contributed by atoms with Gasteiger partial charge in [0.15, 0.2) is 0 Å². The van der Waals surface area contributed by atoms with Gasteiger partial charge < -0.3 is 14.6 Å². The lowest BCUT2D eigenvalue weighted by atomic mass is 10.0. The zero-order chi connectivity index (χ0) is 11.7. The van der Waals surface area contributed by atoms with Gasteiger partial charge in [0, 0.05) is 12.5 Å². The fraction of sp³-hybridized carbons (Fsp3) is 0.273. The standard InChI is InChI=1S/C11H10O5/c1-6(12)16-7-2-3-10-8(4-7)9(5-15-10)11(13)14/h2-4,9H,5H2,1H3,(H,13,14). The maximum absolute atomic E-state index is 10.9. The van der Waals surface area contributed by atoms with Gasteiger partial charge in [0.1, 0.15) is 24.0 Å². The summed E-state index contributed by atoms with van der Waals surface area (Å²) in [6.45, 7) is 1.41. The van der Waals surface area contributed by atoms with Gasteiger partial charge in [0.2, 0.25) is 0 Å². The first kappa shape index (κ1) is 10.5. The van der Waals surface area contributed by atoms with Crippen LogP contribution in [0.15, 0.2) is 18.2 Å². The molecule has 0 bridgehead atoms. The van der Waals surface area contributed by atoms with E-state index in [9.17, 15) is 9.59 Å². The lowest BCUT2D eigenvalue weighted by molar-refractivity contribution is -0.139. The number of aliphatic carboxylic acids is 1. The Bertz CT molecular complexity index is 452. The topological polar surface area (TPSA) is 72.8 Å². The van der Waals surface area contributed by atoms with E-state index >= 15 is 0 Å². The maximum Gasteiger partial charge on any atom is 0.314 e. The third-order valence-corrected chi connectivity index (χ3v) is 2.32. The molecule has 1 unspecified atom stereocenters. The molecule has 5 heteroatoms. The van der Waals surface area contributed by atoms with Gasteiger partial charge >= 0.3 is 11.9 Å². The number of rotatable bonds is 2. The van der Waals surface area contributed by atoms with Gasteiger partial charge in [0.05, 0.1) is 0 Å². The Morgan fingerprint density at radius 2 is 2.25 bits per heavy atom. The Labute approximate surface area is 91.6 Å². The Morgan fingerprint density at radius 1 is 1.50 bits per heavy atom. The summed E-state index contributed by atoms with van der Waals surface area (Å²) in [6.07, 6.45) is 0. The minimum atomic E-state index is -0.946. The second kappa shape index (κ2) is 3.84. The summed E-state index contributed by atoms with van der Waals surface area (Å²) in [7, 11) is 0. The number of ether oxygens (including phenoxy) is 2. The molecule has 1 atom stereocenters. The van der Waals surface area contributed by atoms with Crippen molar-refractivity contribution in [3.63, 3.8) is 0 Å². The lowest BCUT2D eigenvalue weighted by Gasteiger charge is -2.05. The average Bonchev–Trinajstić information content (AvgIpc) is 2.59. The third-order valence-electron chi connectivity index (χ3n) is 2.32. The highest BCUT2D eigenvalue weighted by Crippen LogP contribution is 2.36. The second-order valence-electron chi connectivity index (χ2n) is 3.50. The number of hydrogen-bond donors (Lipinski definition) is 1. The first-order valence-corrected chi connectivity index (χ1v) is 4.76. The van der Waals surface area contributed by atoms with Gasteiger partial charge in [-0.2, -0.15) is 0 Å². The molecule has 0 aromatic heterocycles. The normalized spacial score (nSPS) is 17.4. The van der Waals surface area contributed by atoms with E-state index in [-0.39, 0.29) is 6.61 Å². The maximum atomic E-state index is 10.9. The summed E-state index contributed by atoms with van der Waals surface area (Å²) in [5.41, 5.74) is 0.547. The summed E-state index contributed by atoms with van der Waals surface area (Å²) in [5, 5.41) is 8.95. The number of carboxylic acids is 1. The van der Waals surface area contributed by atoms with Crippen LogP contribution in [0.3, 0.4) is 0 Å². The summed E-state index contributed by atoms with van der Waals surface area (Å²) in [6, 6.07) is 4.71. The predicted molar refractivity (Wildman–Crippen MR) is 53.6 cm³/mol. The van der Waals surface area contributed by atoms with Gasteiger partial charge in [-0.3, -0.25) is 9.59 Å². The number of carbonyl (C=O) groups excluding carboxylic acids is 1. The van der Waals surface area contributed by atoms with E-state index in [0.29, 0.717) is 17.1 Å². The highest BCUT2D eigenvalue weighted by atomic mass is 16.5. The molecule has 0 spiro atoms. The van der Waals surface area contributed by atoms with Crippen LogP contribution in [0.25, 0.3) is 0 Å². The lowest BCUT2D eigenvalue weighted by Crippen LogP contribution is -2.12. The molecule has 1 aliphatic rings. The molecular weight excluding hydrogens is 212 g/mol. The molecule has 16 heavy (non-hydrogen) atoms. The summed E-state index contributed by atoms with van der Waals surface area (Å²) in [4.78, 5) is 21.7. The van der Waals surface area contributed by atoms with Crippen LogP contribution in [0.4, 0.5) is 0 Å². The van der Waals surface area contributed by atoms with Crippen LogP contribution in [-0.4, -0.2) is 23.7 Å². The Kier molecular flexibility index (Phi) is 2.52. The van der Waals surface area contributed by atoms with Crippen LogP contribution in [0.1, 0.15) is 18.4 Å². The van der Waals surface area contributed by atoms with Crippen molar-refractivity contribution in [2.24, 2.45) is 0 Å². The van der Waals surface area contributed by atoms with Crippen LogP contribution in [0.2, 0.25) is 0 Å². The first-order chi connectivity index (χ1) is 7.58. The highest BCUT2D eigenvalue weighted by molar-refractivity contribution is 5.79. The van der Waals surface area contributed by atoms with Crippen LogP contribution in [-0.2, 0) is 9.59 Å². The van der Waals surface area contributed by atoms with Crippen LogP contribution >= 0.6 is 0 Å². The van der Waals surface area contributed by atoms with Gasteiger partial charge in [-0.05, 0) is 18.2 Å². The van der Waals surface area contributed by atoms with E-state index in [1.807, 2.05) is 0 Å². The van der Waals surface area contributed by atoms with Crippen molar-refractivity contribution < 1.29 is 24.2 Å². The van der Waals surface area contributed by atoms with Gasteiger partial charge in [0.25, 0.3) is 0 Å². The predicted octanol–water partition coefficient (Wildman–Crippen LogP) is 1.17. The molecule has 0 fully saturated rings. The monoisotopic (exact) mass is 222 g/mol. The van der Waals surface area contributed by atoms with Gasteiger partial charge in [-0.25, -0.2) is 0 Å². The molecule has 0 saturated carbocycles. The van der Waals surface area contributed by atoms with Crippen molar-refractivity contribution in [2.45, 2.75) is 12.8 Å². The van der Waals surface area contributed by atoms with Gasteiger partial charge in [-0.15, -0.1) is 0 Å². The number of carboxylic acid groups (broad SMARTS) is 1. The molecule has 0 radical (unpaired) electrons. The quantitative estimate of drug-likeness (QED) is 0.600. The Hall–Kier alpha value is -2.04. The molecule has 1 N–H and O–H groups in total. The zero-order valence-corrected chi connectivity index (χ0v) is 8.60. The molecule has 1 aromatic rings. The largest absolute Gasteiger partial charge is 0.492 e. The molecule has 0 aliphatic carbocycles. The van der Waals surface area contributed by atoms with Crippen molar-refractivity contribution in [3.8, 4) is 11.5 Å². The Balaban J connectivity index is 2.33. The van der Waals surface area contributed by atoms with Crippen molar-refractivity contribution >= 4 is 11.9 Å². The minimum Gasteiger partial charge on any atom is -0.492 e. The summed E-state index contributed by atoms with van der Waals surface area (Å²) in [5.74, 6) is -1.21. The molecule has 2 rings (SSSR count). The number of carbonyl (C=O) groups is 2. The number of esters is 1. The zero-order valence-electron chi connectivity index (χ0n) is 8.60. The fourth-order valence-electron chi connectivity index (χ4n) is 1.63. The van der Waals surface area contributed by atoms with E-state index in [0.717, 1.165) is 0 Å². The van der Waals surface area contributed by atoms with Crippen molar-refractivity contribution in [3.05, 3.63) is 23.8 Å². The molecule has 0 saturated heterocycles. The summed E-state index contributed by atoms with van der Waals surface area (Å²) < 4.78 is 10.1. The van der Waals surface area contributed by atoms with Crippen LogP contribution in [0.5, 0.6) is 11.5 Å². The van der Waals surface area contributed by atoms with E-state index in [2.05, 4.69) is 0 Å². The molecule has 1 heterocycles. The van der Waals surface area contributed by atoms with E-state index in [1.165, 1.54) is 13.0 Å². The molecule has 0 amide bonds. The molecule has 1 aliphatic heterocycles. The number of hydrogen-bond acceptors (Lipinski definition) is 4. The molecular formula is C11H10O5. The van der Waals surface area contributed by atoms with E-state index in [1.54, 1.807) is 12.1 Å². The number of fused-ring (bicyclic) bond motifs is 1. The molecule has 5 nitrogen and oxygen atoms in total. The third kappa shape index (κ3) is 1.84. The molecule has 1 aromatic carbocycles. The van der Waals surface area contributed by atoms with Crippen molar-refractivity contribution in [1.82, 2.24) is 0 Å². The number of benzene rings is 1. The van der Waals surface area contributed by atoms with Gasteiger partial charge in [-0.1, -0.05) is 0 Å². The molecule has 84 valence electrons. The SMILES string of the molecule is CC(=O)Oc1ccc2c(c1)C(C(=O)O)CO2. The van der Waals surface area contributed by atoms with Crippen molar-refractivity contribution in [2.75, 3.05) is 6.61 Å². The summed E-state index contributed by atoms with van der Waals surface area (Å²) >= 11 is 0. The van der Waals surface area contributed by atoms with E-state index in [4.69, 9.17) is 14.6 Å². The Morgan fingerprint density at radius 3 is 2.88 bits per heavy atom. The smallest absolute Gasteiger partial charge is 0.314 e. The minimum absolute atomic E-state index is 0.119. The van der Waals surface area contributed by atoms with Crippen molar-refractivity contribution in [1.29, 1.82) is 0 Å². The fourth-order valence-corrected chi connectivity index (χ4v) is 1.63. The van der Waals surface area contributed by atoms with Crippen LogP contribution < -0.4 is 9.47 Å². The average molecular weight is 222 g/mol. The van der Waals surface area contributed by atoms with E-state index < -0.39 is 17.9 Å². The highest BCUT2D eigenvalue weighted by Gasteiger charge is 2.30. The first-order valence-electron chi connectivity index (χ1n) is 4.76. The second-order valence-corrected chi connectivity index (χ2v) is 3.50. The van der Waals surface area contributed by atoms with Crippen LogP contribution in [0, 0.1) is 0 Å².